The molecule has 3 aromatic heterocycles. The molecule has 1 fully saturated rings. The van der Waals surface area contributed by atoms with Gasteiger partial charge in [-0.3, -0.25) is 4.98 Å². The molecule has 6 nitrogen and oxygen atoms in total. The highest BCUT2D eigenvalue weighted by Crippen LogP contribution is 2.38. The zero-order chi connectivity index (χ0) is 23.1. The van der Waals surface area contributed by atoms with Crippen molar-refractivity contribution in [2.24, 2.45) is 0 Å². The highest BCUT2D eigenvalue weighted by molar-refractivity contribution is 6.30. The number of rotatable bonds is 3. The van der Waals surface area contributed by atoms with Gasteiger partial charge >= 0.3 is 0 Å². The first kappa shape index (κ1) is 21.7. The number of aromatic nitrogens is 5. The van der Waals surface area contributed by atoms with Crippen molar-refractivity contribution in [1.82, 2.24) is 24.9 Å². The van der Waals surface area contributed by atoms with E-state index in [1.165, 1.54) is 12.1 Å². The standard InChI is InChI=1S/C24H20ClF2N5O/c1-12-9-14(5-7-28-12)18-10-15(6-8-33-18)23-31-21(16-3-4-17(25)20(27)19(16)26)22-24(32-23)30-13(2)11-29-22/h3-5,7,9,11,15,18H,6,8,10H2,1-2H3/t15-,18+/m0/s1. The Hall–Kier alpha value is -3.10. The maximum absolute atomic E-state index is 14.9. The maximum atomic E-state index is 14.9. The van der Waals surface area contributed by atoms with Crippen LogP contribution in [0.3, 0.4) is 0 Å². The minimum absolute atomic E-state index is 0.0305. The third-order valence-corrected chi connectivity index (χ3v) is 6.07. The van der Waals surface area contributed by atoms with Crippen molar-refractivity contribution in [3.05, 3.63) is 76.1 Å². The van der Waals surface area contributed by atoms with Gasteiger partial charge in [0.2, 0.25) is 0 Å². The summed E-state index contributed by atoms with van der Waals surface area (Å²) in [4.78, 5) is 22.4. The normalized spacial score (nSPS) is 18.6. The summed E-state index contributed by atoms with van der Waals surface area (Å²) in [5.41, 5.74) is 3.42. The van der Waals surface area contributed by atoms with Gasteiger partial charge in [-0.05, 0) is 56.5 Å². The van der Waals surface area contributed by atoms with Crippen molar-refractivity contribution >= 4 is 22.8 Å². The summed E-state index contributed by atoms with van der Waals surface area (Å²) in [7, 11) is 0. The van der Waals surface area contributed by atoms with Crippen LogP contribution in [0.25, 0.3) is 22.4 Å². The van der Waals surface area contributed by atoms with E-state index < -0.39 is 11.6 Å². The lowest BCUT2D eigenvalue weighted by molar-refractivity contribution is 0.00393. The molecule has 0 unspecified atom stereocenters. The van der Waals surface area contributed by atoms with Crippen molar-refractivity contribution in [3.63, 3.8) is 0 Å². The van der Waals surface area contributed by atoms with E-state index in [-0.39, 0.29) is 28.3 Å². The summed E-state index contributed by atoms with van der Waals surface area (Å²) in [5.74, 6) is -1.75. The lowest BCUT2D eigenvalue weighted by Crippen LogP contribution is -2.21. The van der Waals surface area contributed by atoms with Gasteiger partial charge in [-0.1, -0.05) is 11.6 Å². The summed E-state index contributed by atoms with van der Waals surface area (Å²) in [6, 6.07) is 6.65. The number of pyridine rings is 1. The summed E-state index contributed by atoms with van der Waals surface area (Å²) in [6.07, 6.45) is 4.52. The van der Waals surface area contributed by atoms with Gasteiger partial charge in [0.05, 0.1) is 16.8 Å². The Morgan fingerprint density at radius 2 is 1.85 bits per heavy atom. The van der Waals surface area contributed by atoms with Gasteiger partial charge in [0.25, 0.3) is 0 Å². The lowest BCUT2D eigenvalue weighted by Gasteiger charge is -2.29. The fraction of sp³-hybridized carbons (Fsp3) is 0.292. The first-order chi connectivity index (χ1) is 15.9. The van der Waals surface area contributed by atoms with Crippen LogP contribution < -0.4 is 0 Å². The molecule has 0 saturated carbocycles. The number of fused-ring (bicyclic) bond motifs is 1. The van der Waals surface area contributed by atoms with Crippen LogP contribution in [-0.2, 0) is 4.74 Å². The van der Waals surface area contributed by atoms with E-state index in [1.54, 1.807) is 19.3 Å². The van der Waals surface area contributed by atoms with Crippen LogP contribution in [0.4, 0.5) is 8.78 Å². The molecule has 1 aliphatic rings. The topological polar surface area (TPSA) is 73.7 Å². The molecule has 33 heavy (non-hydrogen) atoms. The molecule has 4 aromatic rings. The van der Waals surface area contributed by atoms with Crippen molar-refractivity contribution in [2.45, 2.75) is 38.7 Å². The van der Waals surface area contributed by atoms with Crippen LogP contribution in [-0.4, -0.2) is 31.5 Å². The number of ether oxygens (including phenoxy) is 1. The third kappa shape index (κ3) is 4.16. The van der Waals surface area contributed by atoms with Crippen LogP contribution in [0.1, 0.15) is 47.6 Å². The molecule has 2 atom stereocenters. The van der Waals surface area contributed by atoms with Gasteiger partial charge in [-0.25, -0.2) is 28.7 Å². The van der Waals surface area contributed by atoms with E-state index in [4.69, 9.17) is 16.3 Å². The van der Waals surface area contributed by atoms with Gasteiger partial charge < -0.3 is 4.74 Å². The van der Waals surface area contributed by atoms with Crippen LogP contribution in [0.2, 0.25) is 5.02 Å². The van der Waals surface area contributed by atoms with E-state index >= 15 is 0 Å². The highest BCUT2D eigenvalue weighted by Gasteiger charge is 2.29. The first-order valence-corrected chi connectivity index (χ1v) is 11.0. The molecular weight excluding hydrogens is 448 g/mol. The Bertz CT molecular complexity index is 1370. The lowest BCUT2D eigenvalue weighted by atomic mass is 9.91. The highest BCUT2D eigenvalue weighted by atomic mass is 35.5. The van der Waals surface area contributed by atoms with Gasteiger partial charge in [0.1, 0.15) is 17.0 Å². The molecule has 5 rings (SSSR count). The Morgan fingerprint density at radius 3 is 2.67 bits per heavy atom. The Labute approximate surface area is 194 Å². The van der Waals surface area contributed by atoms with Crippen molar-refractivity contribution in [2.75, 3.05) is 6.61 Å². The fourth-order valence-electron chi connectivity index (χ4n) is 4.12. The molecule has 0 N–H and O–H groups in total. The van der Waals surface area contributed by atoms with Gasteiger partial charge in [0, 0.05) is 36.2 Å². The van der Waals surface area contributed by atoms with E-state index in [0.717, 1.165) is 11.3 Å². The van der Waals surface area contributed by atoms with Crippen LogP contribution in [0, 0.1) is 25.5 Å². The van der Waals surface area contributed by atoms with E-state index in [9.17, 15) is 8.78 Å². The van der Waals surface area contributed by atoms with Crippen molar-refractivity contribution in [1.29, 1.82) is 0 Å². The molecule has 4 heterocycles. The molecule has 168 valence electrons. The number of hydrogen-bond acceptors (Lipinski definition) is 6. The molecular formula is C24H20ClF2N5O. The second-order valence-corrected chi connectivity index (χ2v) is 8.56. The summed E-state index contributed by atoms with van der Waals surface area (Å²) in [5, 5.41) is -0.295. The number of aryl methyl sites for hydroxylation is 2. The van der Waals surface area contributed by atoms with E-state index in [0.29, 0.717) is 42.1 Å². The average molecular weight is 468 g/mol. The number of hydrogen-bond donors (Lipinski definition) is 0. The Kier molecular flexibility index (Phi) is 5.72. The smallest absolute Gasteiger partial charge is 0.182 e. The summed E-state index contributed by atoms with van der Waals surface area (Å²) >= 11 is 5.76. The van der Waals surface area contributed by atoms with Crippen LogP contribution in [0.5, 0.6) is 0 Å². The Morgan fingerprint density at radius 1 is 1.00 bits per heavy atom. The van der Waals surface area contributed by atoms with Gasteiger partial charge in [-0.15, -0.1) is 0 Å². The quantitative estimate of drug-likeness (QED) is 0.362. The predicted molar refractivity (Wildman–Crippen MR) is 120 cm³/mol. The zero-order valence-corrected chi connectivity index (χ0v) is 18.8. The molecule has 1 aliphatic heterocycles. The molecule has 0 amide bonds. The molecule has 0 spiro atoms. The minimum atomic E-state index is -1.12. The third-order valence-electron chi connectivity index (χ3n) is 5.78. The molecule has 0 bridgehead atoms. The number of benzene rings is 1. The largest absolute Gasteiger partial charge is 0.373 e. The van der Waals surface area contributed by atoms with Crippen LogP contribution in [0.15, 0.2) is 36.7 Å². The van der Waals surface area contributed by atoms with Gasteiger partial charge in [0.15, 0.2) is 17.3 Å². The molecule has 1 aromatic carbocycles. The maximum Gasteiger partial charge on any atom is 0.182 e. The Balaban J connectivity index is 1.61. The van der Waals surface area contributed by atoms with Crippen molar-refractivity contribution in [3.8, 4) is 11.3 Å². The first-order valence-electron chi connectivity index (χ1n) is 10.6. The SMILES string of the molecule is Cc1cc([C@H]2C[C@@H](c3nc(-c4ccc(Cl)c(F)c4F)c4ncc(C)nc4n3)CCO2)ccn1. The van der Waals surface area contributed by atoms with E-state index in [2.05, 4.69) is 24.9 Å². The number of nitrogens with zero attached hydrogens (tertiary/aromatic N) is 5. The van der Waals surface area contributed by atoms with Crippen LogP contribution >= 0.6 is 11.6 Å². The second kappa shape index (κ2) is 8.68. The predicted octanol–water partition coefficient (Wildman–Crippen LogP) is 5.67. The minimum Gasteiger partial charge on any atom is -0.373 e. The molecule has 1 saturated heterocycles. The van der Waals surface area contributed by atoms with Gasteiger partial charge in [-0.2, -0.15) is 0 Å². The summed E-state index contributed by atoms with van der Waals surface area (Å²) < 4.78 is 35.1. The number of halogens is 3. The molecule has 9 heteroatoms. The van der Waals surface area contributed by atoms with Crippen molar-refractivity contribution < 1.29 is 13.5 Å². The van der Waals surface area contributed by atoms with E-state index in [1.807, 2.05) is 19.1 Å². The fourth-order valence-corrected chi connectivity index (χ4v) is 4.27. The zero-order valence-electron chi connectivity index (χ0n) is 18.0. The second-order valence-electron chi connectivity index (χ2n) is 8.15. The molecule has 0 aliphatic carbocycles. The summed E-state index contributed by atoms with van der Waals surface area (Å²) in [6.45, 7) is 4.26. The monoisotopic (exact) mass is 467 g/mol. The molecule has 0 radical (unpaired) electrons. The average Bonchev–Trinajstić information content (AvgIpc) is 2.82.